The van der Waals surface area contributed by atoms with Gasteiger partial charge >= 0.3 is 12.2 Å². The molecule has 2 fully saturated rings. The molecule has 1 saturated heterocycles. The van der Waals surface area contributed by atoms with Gasteiger partial charge in [0.05, 0.1) is 6.04 Å². The summed E-state index contributed by atoms with van der Waals surface area (Å²) < 4.78 is 11.2. The third-order valence-electron chi connectivity index (χ3n) is 5.56. The lowest BCUT2D eigenvalue weighted by atomic mass is 10.1. The number of amides is 2. The molecule has 0 spiro atoms. The van der Waals surface area contributed by atoms with Gasteiger partial charge in [0.15, 0.2) is 0 Å². The molecule has 1 aromatic heterocycles. The number of aromatic nitrogens is 1. The molecule has 2 amide bonds. The zero-order valence-corrected chi connectivity index (χ0v) is 19.8. The highest BCUT2D eigenvalue weighted by atomic mass is 16.6. The topological polar surface area (TPSA) is 72.0 Å². The minimum Gasteiger partial charge on any atom is -0.444 e. The largest absolute Gasteiger partial charge is 0.444 e. The number of anilines is 1. The summed E-state index contributed by atoms with van der Waals surface area (Å²) in [7, 11) is 0. The van der Waals surface area contributed by atoms with Gasteiger partial charge in [-0.2, -0.15) is 0 Å². The fourth-order valence-corrected chi connectivity index (χ4v) is 4.29. The van der Waals surface area contributed by atoms with Crippen LogP contribution >= 0.6 is 0 Å². The minimum atomic E-state index is -0.564. The van der Waals surface area contributed by atoms with E-state index in [0.29, 0.717) is 12.4 Å². The molecule has 1 aliphatic carbocycles. The highest BCUT2D eigenvalue weighted by Gasteiger charge is 2.35. The second-order valence-corrected chi connectivity index (χ2v) is 10.6. The first-order valence-electron chi connectivity index (χ1n) is 11.4. The Morgan fingerprint density at radius 2 is 1.61 bits per heavy atom. The van der Waals surface area contributed by atoms with Crippen molar-refractivity contribution in [2.24, 2.45) is 0 Å². The quantitative estimate of drug-likeness (QED) is 0.601. The number of rotatable bonds is 3. The molecule has 1 aromatic rings. The van der Waals surface area contributed by atoms with Crippen LogP contribution in [0.2, 0.25) is 0 Å². The maximum absolute atomic E-state index is 13.0. The third kappa shape index (κ3) is 6.11. The van der Waals surface area contributed by atoms with Gasteiger partial charge in [0.25, 0.3) is 0 Å². The molecule has 2 aliphatic rings. The van der Waals surface area contributed by atoms with Crippen molar-refractivity contribution in [3.8, 4) is 0 Å². The summed E-state index contributed by atoms with van der Waals surface area (Å²) in [5.41, 5.74) is -0.129. The molecule has 1 aliphatic heterocycles. The van der Waals surface area contributed by atoms with Gasteiger partial charge < -0.3 is 14.4 Å². The Hall–Kier alpha value is -2.31. The summed E-state index contributed by atoms with van der Waals surface area (Å²) >= 11 is 0. The van der Waals surface area contributed by atoms with Gasteiger partial charge in [-0.25, -0.2) is 14.6 Å². The maximum atomic E-state index is 13.0. The molecule has 3 rings (SSSR count). The lowest BCUT2D eigenvalue weighted by molar-refractivity contribution is 0.0224. The average Bonchev–Trinajstić information content (AvgIpc) is 3.31. The summed E-state index contributed by atoms with van der Waals surface area (Å²) in [5.74, 6) is 0.603. The molecular formula is C24H37N3O4. The molecule has 31 heavy (non-hydrogen) atoms. The summed E-state index contributed by atoms with van der Waals surface area (Å²) in [5, 5.41) is 0. The van der Waals surface area contributed by atoms with E-state index >= 15 is 0 Å². The highest BCUT2D eigenvalue weighted by molar-refractivity contribution is 5.87. The summed E-state index contributed by atoms with van der Waals surface area (Å²) in [6.07, 6.45) is 7.07. The smallest absolute Gasteiger partial charge is 0.416 e. The number of nitrogens with zero attached hydrogens (tertiary/aromatic N) is 3. The van der Waals surface area contributed by atoms with E-state index in [9.17, 15) is 9.59 Å². The number of pyridine rings is 1. The number of hydrogen-bond donors (Lipinski definition) is 0. The molecule has 7 nitrogen and oxygen atoms in total. The first-order chi connectivity index (χ1) is 14.4. The molecule has 0 N–H and O–H groups in total. The van der Waals surface area contributed by atoms with Crippen LogP contribution in [0.4, 0.5) is 15.4 Å². The SMILES string of the molecule is CC(C)(C)OC(=O)N(c1ccc([C@H]2CCCN2C(=O)OC(C)(C)C)cn1)C1CCCC1. The molecular weight excluding hydrogens is 394 g/mol. The van der Waals surface area contributed by atoms with E-state index in [1.807, 2.05) is 53.7 Å². The molecule has 0 bridgehead atoms. The molecule has 2 heterocycles. The number of ether oxygens (including phenoxy) is 2. The van der Waals surface area contributed by atoms with Crippen molar-refractivity contribution >= 4 is 18.0 Å². The van der Waals surface area contributed by atoms with Crippen molar-refractivity contribution in [3.63, 3.8) is 0 Å². The molecule has 0 radical (unpaired) electrons. The summed E-state index contributed by atoms with van der Waals surface area (Å²) in [6.45, 7) is 11.9. The van der Waals surface area contributed by atoms with Crippen LogP contribution in [0.25, 0.3) is 0 Å². The Kier molecular flexibility index (Phi) is 6.82. The first-order valence-corrected chi connectivity index (χ1v) is 11.4. The Bertz CT molecular complexity index is 773. The van der Waals surface area contributed by atoms with E-state index in [1.54, 1.807) is 16.0 Å². The predicted octanol–water partition coefficient (Wildman–Crippen LogP) is 5.84. The number of carbonyl (C=O) groups excluding carboxylic acids is 2. The Morgan fingerprint density at radius 3 is 2.16 bits per heavy atom. The summed E-state index contributed by atoms with van der Waals surface area (Å²) in [6, 6.07) is 3.90. The second-order valence-electron chi connectivity index (χ2n) is 10.6. The number of hydrogen-bond acceptors (Lipinski definition) is 5. The lowest BCUT2D eigenvalue weighted by Crippen LogP contribution is -2.43. The van der Waals surface area contributed by atoms with Gasteiger partial charge in [-0.15, -0.1) is 0 Å². The van der Waals surface area contributed by atoms with Crippen LogP contribution in [0.3, 0.4) is 0 Å². The standard InChI is InChI=1S/C24H37N3O4/c1-23(2,3)30-21(28)26-15-9-12-19(26)17-13-14-20(25-16-17)27(18-10-7-8-11-18)22(29)31-24(4,5)6/h13-14,16,18-19H,7-12,15H2,1-6H3/t19-/m1/s1. The van der Waals surface area contributed by atoms with Crippen LogP contribution in [0.1, 0.15) is 91.7 Å². The van der Waals surface area contributed by atoms with Crippen molar-refractivity contribution < 1.29 is 19.1 Å². The van der Waals surface area contributed by atoms with Gasteiger partial charge in [0.1, 0.15) is 17.0 Å². The van der Waals surface area contributed by atoms with Crippen molar-refractivity contribution in [1.82, 2.24) is 9.88 Å². The zero-order chi connectivity index (χ0) is 22.8. The minimum absolute atomic E-state index is 0.0575. The predicted molar refractivity (Wildman–Crippen MR) is 120 cm³/mol. The van der Waals surface area contributed by atoms with Crippen LogP contribution in [-0.4, -0.2) is 45.9 Å². The lowest BCUT2D eigenvalue weighted by Gasteiger charge is -2.31. The maximum Gasteiger partial charge on any atom is 0.416 e. The van der Waals surface area contributed by atoms with Crippen LogP contribution in [0, 0.1) is 0 Å². The van der Waals surface area contributed by atoms with Crippen molar-refractivity contribution in [2.45, 2.75) is 103 Å². The molecule has 1 saturated carbocycles. The van der Waals surface area contributed by atoms with Crippen LogP contribution < -0.4 is 4.90 Å². The monoisotopic (exact) mass is 431 g/mol. The van der Waals surface area contributed by atoms with E-state index in [0.717, 1.165) is 44.1 Å². The zero-order valence-electron chi connectivity index (χ0n) is 19.8. The first kappa shape index (κ1) is 23.4. The van der Waals surface area contributed by atoms with E-state index in [1.165, 1.54) is 0 Å². The number of likely N-dealkylation sites (tertiary alicyclic amines) is 1. The Labute approximate surface area is 186 Å². The molecule has 7 heteroatoms. The summed E-state index contributed by atoms with van der Waals surface area (Å²) in [4.78, 5) is 33.7. The Balaban J connectivity index is 1.79. The normalized spacial score (nSPS) is 20.1. The van der Waals surface area contributed by atoms with Gasteiger partial charge in [0.2, 0.25) is 0 Å². The van der Waals surface area contributed by atoms with Crippen molar-refractivity contribution in [2.75, 3.05) is 11.4 Å². The van der Waals surface area contributed by atoms with Crippen molar-refractivity contribution in [1.29, 1.82) is 0 Å². The van der Waals surface area contributed by atoms with Crippen molar-refractivity contribution in [3.05, 3.63) is 23.9 Å². The fraction of sp³-hybridized carbons (Fsp3) is 0.708. The Morgan fingerprint density at radius 1 is 0.968 bits per heavy atom. The molecule has 172 valence electrons. The van der Waals surface area contributed by atoms with E-state index in [4.69, 9.17) is 9.47 Å². The van der Waals surface area contributed by atoms with E-state index < -0.39 is 11.2 Å². The van der Waals surface area contributed by atoms with E-state index in [-0.39, 0.29) is 24.3 Å². The van der Waals surface area contributed by atoms with Gasteiger partial charge in [-0.3, -0.25) is 4.90 Å². The molecule has 1 atom stereocenters. The van der Waals surface area contributed by atoms with Crippen LogP contribution in [-0.2, 0) is 9.47 Å². The fourth-order valence-electron chi connectivity index (χ4n) is 4.29. The van der Waals surface area contributed by atoms with Gasteiger partial charge in [-0.1, -0.05) is 18.9 Å². The molecule has 0 aromatic carbocycles. The average molecular weight is 432 g/mol. The third-order valence-corrected chi connectivity index (χ3v) is 5.56. The molecule has 0 unspecified atom stereocenters. The van der Waals surface area contributed by atoms with Gasteiger partial charge in [0, 0.05) is 18.8 Å². The van der Waals surface area contributed by atoms with E-state index in [2.05, 4.69) is 4.98 Å². The van der Waals surface area contributed by atoms with Crippen LogP contribution in [0.15, 0.2) is 18.3 Å². The number of carbonyl (C=O) groups is 2. The van der Waals surface area contributed by atoms with Gasteiger partial charge in [-0.05, 0) is 78.9 Å². The second kappa shape index (κ2) is 9.05. The van der Waals surface area contributed by atoms with Crippen LogP contribution in [0.5, 0.6) is 0 Å². The highest BCUT2D eigenvalue weighted by Crippen LogP contribution is 2.34.